The van der Waals surface area contributed by atoms with Crippen LogP contribution in [0.2, 0.25) is 0 Å². The molecule has 7 heteroatoms. The zero-order chi connectivity index (χ0) is 17.7. The van der Waals surface area contributed by atoms with Crippen molar-refractivity contribution in [1.82, 2.24) is 0 Å². The number of phenolic OH excluding ortho intramolecular Hbond substituents is 1. The number of aromatic hydroxyl groups is 1. The lowest BCUT2D eigenvalue weighted by Crippen LogP contribution is -2.12. The van der Waals surface area contributed by atoms with E-state index in [2.05, 4.69) is 5.32 Å². The van der Waals surface area contributed by atoms with Gasteiger partial charge >= 0.3 is 5.97 Å². The third kappa shape index (κ3) is 4.48. The number of ether oxygens (including phenoxy) is 1. The number of methoxy groups -OCH3 is 1. The number of carboxylic acid groups (broad SMARTS) is 1. The van der Waals surface area contributed by atoms with Gasteiger partial charge in [0.1, 0.15) is 0 Å². The summed E-state index contributed by atoms with van der Waals surface area (Å²) in [6.07, 6.45) is 2.76. The number of benzene rings is 2. The number of rotatable bonds is 5. The first-order valence-corrected chi connectivity index (χ1v) is 7.87. The first kappa shape index (κ1) is 17.8. The Morgan fingerprint density at radius 3 is 2.58 bits per heavy atom. The van der Waals surface area contributed by atoms with E-state index in [1.165, 1.54) is 31.4 Å². The van der Waals surface area contributed by atoms with Gasteiger partial charge in [-0.1, -0.05) is 6.07 Å². The van der Waals surface area contributed by atoms with Gasteiger partial charge in [-0.3, -0.25) is 4.79 Å². The van der Waals surface area contributed by atoms with E-state index in [0.29, 0.717) is 11.3 Å². The van der Waals surface area contributed by atoms with E-state index in [0.717, 1.165) is 3.57 Å². The van der Waals surface area contributed by atoms with Gasteiger partial charge in [0, 0.05) is 9.65 Å². The Morgan fingerprint density at radius 2 is 1.96 bits per heavy atom. The number of phenols is 1. The van der Waals surface area contributed by atoms with Crippen molar-refractivity contribution in [3.8, 4) is 11.5 Å². The molecule has 0 saturated heterocycles. The maximum Gasteiger partial charge on any atom is 0.337 e. The van der Waals surface area contributed by atoms with Crippen LogP contribution < -0.4 is 10.1 Å². The Bertz CT molecular complexity index is 817. The van der Waals surface area contributed by atoms with E-state index in [-0.39, 0.29) is 17.0 Å². The lowest BCUT2D eigenvalue weighted by atomic mass is 10.1. The minimum Gasteiger partial charge on any atom is -0.504 e. The number of carbonyl (C=O) groups excluding carboxylic acids is 1. The number of aromatic carboxylic acids is 1. The molecule has 0 fully saturated rings. The van der Waals surface area contributed by atoms with Crippen LogP contribution in [0.3, 0.4) is 0 Å². The first-order chi connectivity index (χ1) is 11.4. The largest absolute Gasteiger partial charge is 0.504 e. The molecule has 0 atom stereocenters. The molecular formula is C17H14INO5. The van der Waals surface area contributed by atoms with Crippen molar-refractivity contribution in [3.63, 3.8) is 0 Å². The van der Waals surface area contributed by atoms with Gasteiger partial charge in [-0.15, -0.1) is 0 Å². The van der Waals surface area contributed by atoms with Crippen LogP contribution in [-0.2, 0) is 4.79 Å². The van der Waals surface area contributed by atoms with Crippen LogP contribution in [-0.4, -0.2) is 29.2 Å². The van der Waals surface area contributed by atoms with E-state index in [1.54, 1.807) is 24.3 Å². The molecule has 24 heavy (non-hydrogen) atoms. The Hall–Kier alpha value is -2.55. The van der Waals surface area contributed by atoms with Crippen LogP contribution in [0, 0.1) is 3.57 Å². The van der Waals surface area contributed by atoms with Crippen LogP contribution in [0.5, 0.6) is 11.5 Å². The molecule has 0 aromatic heterocycles. The maximum atomic E-state index is 12.0. The molecule has 2 aromatic rings. The second kappa shape index (κ2) is 7.82. The van der Waals surface area contributed by atoms with Crippen molar-refractivity contribution >= 4 is 46.2 Å². The second-order valence-electron chi connectivity index (χ2n) is 4.75. The summed E-state index contributed by atoms with van der Waals surface area (Å²) in [5.41, 5.74) is 0.838. The quantitative estimate of drug-likeness (QED) is 0.491. The molecule has 0 spiro atoms. The van der Waals surface area contributed by atoms with Gasteiger partial charge in [-0.05, 0) is 64.6 Å². The summed E-state index contributed by atoms with van der Waals surface area (Å²) in [5, 5.41) is 21.4. The molecule has 124 valence electrons. The Balaban J connectivity index is 2.15. The zero-order valence-electron chi connectivity index (χ0n) is 12.6. The molecule has 0 aliphatic rings. The fourth-order valence-corrected chi connectivity index (χ4v) is 2.45. The molecule has 3 N–H and O–H groups in total. The number of nitrogens with one attached hydrogen (secondary N) is 1. The number of carbonyl (C=O) groups is 2. The summed E-state index contributed by atoms with van der Waals surface area (Å²) in [6, 6.07) is 9.37. The summed E-state index contributed by atoms with van der Waals surface area (Å²) in [7, 11) is 1.44. The number of halogens is 1. The highest BCUT2D eigenvalue weighted by molar-refractivity contribution is 14.1. The van der Waals surface area contributed by atoms with Gasteiger partial charge in [0.05, 0.1) is 18.4 Å². The van der Waals surface area contributed by atoms with Crippen LogP contribution in [0.1, 0.15) is 15.9 Å². The lowest BCUT2D eigenvalue weighted by molar-refractivity contribution is -0.111. The Labute approximate surface area is 151 Å². The summed E-state index contributed by atoms with van der Waals surface area (Å²) >= 11 is 2.03. The van der Waals surface area contributed by atoms with Gasteiger partial charge in [0.25, 0.3) is 0 Å². The topological polar surface area (TPSA) is 95.9 Å². The number of carboxylic acids is 1. The summed E-state index contributed by atoms with van der Waals surface area (Å²) < 4.78 is 5.74. The van der Waals surface area contributed by atoms with E-state index >= 15 is 0 Å². The van der Waals surface area contributed by atoms with Crippen LogP contribution in [0.25, 0.3) is 6.08 Å². The van der Waals surface area contributed by atoms with Crippen molar-refractivity contribution in [3.05, 3.63) is 57.2 Å². The smallest absolute Gasteiger partial charge is 0.337 e. The van der Waals surface area contributed by atoms with Crippen LogP contribution in [0.4, 0.5) is 5.69 Å². The predicted octanol–water partition coefficient (Wildman–Crippen LogP) is 3.36. The molecule has 0 aliphatic carbocycles. The van der Waals surface area contributed by atoms with Gasteiger partial charge in [-0.2, -0.15) is 0 Å². The van der Waals surface area contributed by atoms with Crippen molar-refractivity contribution in [1.29, 1.82) is 0 Å². The highest BCUT2D eigenvalue weighted by Crippen LogP contribution is 2.26. The molecule has 6 nitrogen and oxygen atoms in total. The first-order valence-electron chi connectivity index (χ1n) is 6.79. The van der Waals surface area contributed by atoms with Crippen molar-refractivity contribution < 1.29 is 24.5 Å². The lowest BCUT2D eigenvalue weighted by Gasteiger charge is -2.07. The number of anilines is 1. The highest BCUT2D eigenvalue weighted by atomic mass is 127. The Morgan fingerprint density at radius 1 is 1.21 bits per heavy atom. The molecular weight excluding hydrogens is 425 g/mol. The van der Waals surface area contributed by atoms with E-state index < -0.39 is 11.9 Å². The number of hydrogen-bond acceptors (Lipinski definition) is 4. The number of hydrogen-bond donors (Lipinski definition) is 3. The van der Waals surface area contributed by atoms with Crippen molar-refractivity contribution in [2.45, 2.75) is 0 Å². The SMILES string of the molecule is COc1ccc(/C=C/C(=O)Nc2cc(I)ccc2C(=O)O)cc1O. The maximum absolute atomic E-state index is 12.0. The highest BCUT2D eigenvalue weighted by Gasteiger charge is 2.11. The average molecular weight is 439 g/mol. The summed E-state index contributed by atoms with van der Waals surface area (Å²) in [4.78, 5) is 23.2. The molecule has 0 bridgehead atoms. The fourth-order valence-electron chi connectivity index (χ4n) is 1.96. The van der Waals surface area contributed by atoms with Gasteiger partial charge in [-0.25, -0.2) is 4.79 Å². The van der Waals surface area contributed by atoms with Gasteiger partial charge < -0.3 is 20.3 Å². The molecule has 2 rings (SSSR count). The predicted molar refractivity (Wildman–Crippen MR) is 98.4 cm³/mol. The third-order valence-corrected chi connectivity index (χ3v) is 3.77. The fraction of sp³-hybridized carbons (Fsp3) is 0.0588. The monoisotopic (exact) mass is 439 g/mol. The summed E-state index contributed by atoms with van der Waals surface area (Å²) in [5.74, 6) is -1.30. The Kier molecular flexibility index (Phi) is 5.80. The van der Waals surface area contributed by atoms with E-state index in [1.807, 2.05) is 22.6 Å². The van der Waals surface area contributed by atoms with Crippen molar-refractivity contribution in [2.75, 3.05) is 12.4 Å². The van der Waals surface area contributed by atoms with Crippen LogP contribution in [0.15, 0.2) is 42.5 Å². The molecule has 0 heterocycles. The van der Waals surface area contributed by atoms with E-state index in [4.69, 9.17) is 9.84 Å². The second-order valence-corrected chi connectivity index (χ2v) is 5.99. The minimum atomic E-state index is -1.12. The molecule has 0 saturated carbocycles. The number of amides is 1. The van der Waals surface area contributed by atoms with Crippen LogP contribution >= 0.6 is 22.6 Å². The zero-order valence-corrected chi connectivity index (χ0v) is 14.8. The molecule has 2 aromatic carbocycles. The van der Waals surface area contributed by atoms with E-state index in [9.17, 15) is 14.7 Å². The molecule has 0 aliphatic heterocycles. The average Bonchev–Trinajstić information content (AvgIpc) is 2.53. The third-order valence-electron chi connectivity index (χ3n) is 3.10. The van der Waals surface area contributed by atoms with Gasteiger partial charge in [0.2, 0.25) is 5.91 Å². The minimum absolute atomic E-state index is 0.0132. The normalized spacial score (nSPS) is 10.6. The van der Waals surface area contributed by atoms with Gasteiger partial charge in [0.15, 0.2) is 11.5 Å². The molecule has 0 unspecified atom stereocenters. The van der Waals surface area contributed by atoms with Crippen molar-refractivity contribution in [2.24, 2.45) is 0 Å². The summed E-state index contributed by atoms with van der Waals surface area (Å²) in [6.45, 7) is 0. The molecule has 0 radical (unpaired) electrons. The molecule has 1 amide bonds. The standard InChI is InChI=1S/C17H14INO5/c1-24-15-6-2-10(8-14(15)20)3-7-16(21)19-13-9-11(18)4-5-12(13)17(22)23/h2-9,20H,1H3,(H,19,21)(H,22,23)/b7-3+.